The van der Waals surface area contributed by atoms with Crippen LogP contribution in [-0.2, 0) is 0 Å². The Morgan fingerprint density at radius 1 is 1.12 bits per heavy atom. The van der Waals surface area contributed by atoms with Gasteiger partial charge in [-0.1, -0.05) is 30.2 Å². The topological polar surface area (TPSA) is 25.8 Å². The first kappa shape index (κ1) is 10.7. The Bertz CT molecular complexity index is 518. The van der Waals surface area contributed by atoms with Crippen molar-refractivity contribution in [2.75, 3.05) is 0 Å². The van der Waals surface area contributed by atoms with Crippen molar-refractivity contribution in [1.82, 2.24) is 9.97 Å². The van der Waals surface area contributed by atoms with Crippen molar-refractivity contribution in [1.29, 1.82) is 0 Å². The fourth-order valence-corrected chi connectivity index (χ4v) is 2.32. The lowest BCUT2D eigenvalue weighted by Crippen LogP contribution is -2.12. The van der Waals surface area contributed by atoms with Crippen LogP contribution in [0.5, 0.6) is 0 Å². The minimum Gasteiger partial charge on any atom is -0.244 e. The zero-order valence-corrected chi connectivity index (χ0v) is 10.2. The first-order chi connectivity index (χ1) is 8.34. The van der Waals surface area contributed by atoms with Crippen molar-refractivity contribution in [2.24, 2.45) is 0 Å². The van der Waals surface area contributed by atoms with Crippen LogP contribution in [0.15, 0.2) is 36.8 Å². The third kappa shape index (κ3) is 2.05. The molecule has 0 N–H and O–H groups in total. The smallest absolute Gasteiger partial charge is 0.115 e. The van der Waals surface area contributed by atoms with Crippen LogP contribution >= 0.6 is 11.6 Å². The highest BCUT2D eigenvalue weighted by molar-refractivity contribution is 6.30. The summed E-state index contributed by atoms with van der Waals surface area (Å²) in [4.78, 5) is 8.60. The van der Waals surface area contributed by atoms with E-state index in [9.17, 15) is 0 Å². The van der Waals surface area contributed by atoms with E-state index >= 15 is 0 Å². The Balaban J connectivity index is 2.04. The van der Waals surface area contributed by atoms with Gasteiger partial charge < -0.3 is 0 Å². The number of benzene rings is 1. The quantitative estimate of drug-likeness (QED) is 0.796. The molecule has 1 aliphatic carbocycles. The number of hydrogen-bond acceptors (Lipinski definition) is 2. The second kappa shape index (κ2) is 4.46. The maximum Gasteiger partial charge on any atom is 0.115 e. The molecule has 17 heavy (non-hydrogen) atoms. The highest BCUT2D eigenvalue weighted by atomic mass is 35.5. The molecule has 3 rings (SSSR count). The fourth-order valence-electron chi connectivity index (χ4n) is 2.20. The third-order valence-corrected chi connectivity index (χ3v) is 3.64. The van der Waals surface area contributed by atoms with Crippen LogP contribution in [0, 0.1) is 0 Å². The first-order valence-electron chi connectivity index (χ1n) is 5.90. The summed E-state index contributed by atoms with van der Waals surface area (Å²) in [5.41, 5.74) is 3.49. The van der Waals surface area contributed by atoms with E-state index in [0.717, 1.165) is 16.1 Å². The molecule has 0 saturated heterocycles. The first-order valence-corrected chi connectivity index (χ1v) is 6.28. The average molecular weight is 245 g/mol. The predicted octanol–water partition coefficient (Wildman–Crippen LogP) is 4.06. The molecule has 1 saturated carbocycles. The Morgan fingerprint density at radius 3 is 2.53 bits per heavy atom. The molecule has 0 radical (unpaired) electrons. The summed E-state index contributed by atoms with van der Waals surface area (Å²) in [6.45, 7) is 0. The van der Waals surface area contributed by atoms with Crippen molar-refractivity contribution in [3.8, 4) is 11.1 Å². The van der Waals surface area contributed by atoms with E-state index in [2.05, 4.69) is 9.97 Å². The highest BCUT2D eigenvalue weighted by Gasteiger charge is 2.23. The van der Waals surface area contributed by atoms with Gasteiger partial charge in [0.1, 0.15) is 6.33 Å². The van der Waals surface area contributed by atoms with Crippen LogP contribution in [-0.4, -0.2) is 9.97 Å². The van der Waals surface area contributed by atoms with E-state index in [1.165, 1.54) is 25.0 Å². The van der Waals surface area contributed by atoms with Crippen molar-refractivity contribution in [3.63, 3.8) is 0 Å². The normalized spacial score (nSPS) is 15.6. The van der Waals surface area contributed by atoms with Crippen molar-refractivity contribution in [3.05, 3.63) is 47.5 Å². The van der Waals surface area contributed by atoms with Crippen molar-refractivity contribution in [2.45, 2.75) is 25.2 Å². The predicted molar refractivity (Wildman–Crippen MR) is 69.1 cm³/mol. The summed E-state index contributed by atoms with van der Waals surface area (Å²) in [5.74, 6) is 0.615. The van der Waals surface area contributed by atoms with Gasteiger partial charge in [-0.25, -0.2) is 9.97 Å². The van der Waals surface area contributed by atoms with Gasteiger partial charge in [-0.2, -0.15) is 0 Å². The van der Waals surface area contributed by atoms with Crippen LogP contribution in [0.2, 0.25) is 5.02 Å². The summed E-state index contributed by atoms with van der Waals surface area (Å²) < 4.78 is 0. The van der Waals surface area contributed by atoms with Gasteiger partial charge in [0.25, 0.3) is 0 Å². The van der Waals surface area contributed by atoms with E-state index in [1.807, 2.05) is 30.5 Å². The third-order valence-electron chi connectivity index (χ3n) is 3.39. The minimum atomic E-state index is 0.615. The van der Waals surface area contributed by atoms with Crippen LogP contribution in [0.25, 0.3) is 11.1 Å². The van der Waals surface area contributed by atoms with Crippen LogP contribution in [0.3, 0.4) is 0 Å². The molecule has 3 heteroatoms. The molecule has 86 valence electrons. The van der Waals surface area contributed by atoms with E-state index in [4.69, 9.17) is 11.6 Å². The Labute approximate surface area is 106 Å². The average Bonchev–Trinajstić information content (AvgIpc) is 2.29. The van der Waals surface area contributed by atoms with E-state index in [1.54, 1.807) is 6.33 Å². The molecule has 0 bridgehead atoms. The zero-order chi connectivity index (χ0) is 11.7. The van der Waals surface area contributed by atoms with Gasteiger partial charge in [-0.3, -0.25) is 0 Å². The largest absolute Gasteiger partial charge is 0.244 e. The molecular weight excluding hydrogens is 232 g/mol. The molecule has 1 aliphatic rings. The molecule has 2 aromatic rings. The molecule has 0 spiro atoms. The van der Waals surface area contributed by atoms with Crippen molar-refractivity contribution >= 4 is 11.6 Å². The molecule has 0 atom stereocenters. The van der Waals surface area contributed by atoms with E-state index in [-0.39, 0.29) is 0 Å². The molecule has 0 amide bonds. The maximum absolute atomic E-state index is 5.91. The molecule has 0 aliphatic heterocycles. The van der Waals surface area contributed by atoms with Gasteiger partial charge in [0.2, 0.25) is 0 Å². The molecule has 1 heterocycles. The van der Waals surface area contributed by atoms with Gasteiger partial charge >= 0.3 is 0 Å². The van der Waals surface area contributed by atoms with Crippen LogP contribution in [0.4, 0.5) is 0 Å². The Morgan fingerprint density at radius 2 is 1.88 bits per heavy atom. The molecule has 1 aromatic carbocycles. The second-order valence-electron chi connectivity index (χ2n) is 4.46. The fraction of sp³-hybridized carbons (Fsp3) is 0.286. The molecule has 0 unspecified atom stereocenters. The molecule has 1 fully saturated rings. The lowest BCUT2D eigenvalue weighted by atomic mass is 9.80. The van der Waals surface area contributed by atoms with E-state index in [0.29, 0.717) is 5.92 Å². The molecular formula is C14H13ClN2. The lowest BCUT2D eigenvalue weighted by Gasteiger charge is -2.26. The molecule has 1 aromatic heterocycles. The van der Waals surface area contributed by atoms with Crippen LogP contribution < -0.4 is 0 Å². The number of rotatable bonds is 2. The summed E-state index contributed by atoms with van der Waals surface area (Å²) in [6.07, 6.45) is 7.36. The number of nitrogens with zero attached hydrogens (tertiary/aromatic N) is 2. The summed E-state index contributed by atoms with van der Waals surface area (Å²) >= 11 is 5.91. The summed E-state index contributed by atoms with van der Waals surface area (Å²) in [6, 6.07) is 7.88. The van der Waals surface area contributed by atoms with Crippen LogP contribution in [0.1, 0.15) is 30.9 Å². The van der Waals surface area contributed by atoms with Gasteiger partial charge in [0.15, 0.2) is 0 Å². The monoisotopic (exact) mass is 244 g/mol. The number of halogens is 1. The van der Waals surface area contributed by atoms with Gasteiger partial charge in [-0.05, 0) is 30.5 Å². The summed E-state index contributed by atoms with van der Waals surface area (Å²) in [5, 5.41) is 0.760. The van der Waals surface area contributed by atoms with Gasteiger partial charge in [0, 0.05) is 22.7 Å². The van der Waals surface area contributed by atoms with Crippen molar-refractivity contribution < 1.29 is 0 Å². The number of aromatic nitrogens is 2. The van der Waals surface area contributed by atoms with Gasteiger partial charge in [-0.15, -0.1) is 0 Å². The molecule has 2 nitrogen and oxygen atoms in total. The highest BCUT2D eigenvalue weighted by Crippen LogP contribution is 2.39. The Hall–Kier alpha value is -1.41. The van der Waals surface area contributed by atoms with E-state index < -0.39 is 0 Å². The maximum atomic E-state index is 5.91. The minimum absolute atomic E-state index is 0.615. The lowest BCUT2D eigenvalue weighted by molar-refractivity contribution is 0.411. The second-order valence-corrected chi connectivity index (χ2v) is 4.89. The summed E-state index contributed by atoms with van der Waals surface area (Å²) in [7, 11) is 0. The SMILES string of the molecule is Clc1ccc(-c2cncnc2C2CCC2)cc1. The Kier molecular flexibility index (Phi) is 2.81. The number of hydrogen-bond donors (Lipinski definition) is 0. The van der Waals surface area contributed by atoms with Gasteiger partial charge in [0.05, 0.1) is 5.69 Å². The zero-order valence-electron chi connectivity index (χ0n) is 9.44. The standard InChI is InChI=1S/C14H13ClN2/c15-12-6-4-10(5-7-12)13-8-16-9-17-14(13)11-2-1-3-11/h4-9,11H,1-3H2.